The molecular weight excluding hydrogens is 338 g/mol. The zero-order valence-electron chi connectivity index (χ0n) is 14.9. The molecule has 1 aromatic rings. The summed E-state index contributed by atoms with van der Waals surface area (Å²) < 4.78 is 0. The summed E-state index contributed by atoms with van der Waals surface area (Å²) in [5.41, 5.74) is 1.97. The van der Waals surface area contributed by atoms with Gasteiger partial charge >= 0.3 is 0 Å². The molecule has 0 aromatic heterocycles. The van der Waals surface area contributed by atoms with Crippen molar-refractivity contribution in [2.75, 3.05) is 32.7 Å². The molecule has 138 valence electrons. The highest BCUT2D eigenvalue weighted by Crippen LogP contribution is 2.14. The Bertz CT molecular complexity index is 577. The molecule has 1 aromatic carbocycles. The zero-order valence-corrected chi connectivity index (χ0v) is 15.7. The fourth-order valence-corrected chi connectivity index (χ4v) is 3.48. The van der Waals surface area contributed by atoms with E-state index in [1.54, 1.807) is 0 Å². The minimum absolute atomic E-state index is 0. The summed E-state index contributed by atoms with van der Waals surface area (Å²) in [7, 11) is 0. The van der Waals surface area contributed by atoms with Crippen LogP contribution in [0.4, 0.5) is 0 Å². The molecule has 0 radical (unpaired) electrons. The Morgan fingerprint density at radius 3 is 2.24 bits per heavy atom. The van der Waals surface area contributed by atoms with Gasteiger partial charge in [0.05, 0.1) is 6.04 Å². The molecule has 25 heavy (non-hydrogen) atoms. The average Bonchev–Trinajstić information content (AvgIpc) is 2.68. The van der Waals surface area contributed by atoms with E-state index in [0.29, 0.717) is 26.2 Å². The van der Waals surface area contributed by atoms with Crippen LogP contribution in [0.2, 0.25) is 0 Å². The van der Waals surface area contributed by atoms with Gasteiger partial charge in [-0.3, -0.25) is 9.59 Å². The van der Waals surface area contributed by atoms with Crippen LogP contribution in [0.25, 0.3) is 0 Å². The molecule has 2 aliphatic heterocycles. The van der Waals surface area contributed by atoms with Gasteiger partial charge in [-0.25, -0.2) is 0 Å². The summed E-state index contributed by atoms with van der Waals surface area (Å²) in [5, 5.41) is 3.32. The van der Waals surface area contributed by atoms with Crippen LogP contribution >= 0.6 is 12.4 Å². The fourth-order valence-electron chi connectivity index (χ4n) is 3.48. The van der Waals surface area contributed by atoms with Gasteiger partial charge in [0.1, 0.15) is 0 Å². The van der Waals surface area contributed by atoms with E-state index in [0.717, 1.165) is 37.8 Å². The third kappa shape index (κ3) is 4.73. The summed E-state index contributed by atoms with van der Waals surface area (Å²) in [6.07, 6.45) is 4.19. The molecule has 5 nitrogen and oxygen atoms in total. The lowest BCUT2D eigenvalue weighted by Gasteiger charge is -2.37. The Kier molecular flexibility index (Phi) is 7.26. The van der Waals surface area contributed by atoms with Crippen molar-refractivity contribution in [1.29, 1.82) is 0 Å². The number of carbonyl (C=O) groups excluding carboxylic acids is 2. The van der Waals surface area contributed by atoms with Crippen LogP contribution in [0.3, 0.4) is 0 Å². The number of aryl methyl sites for hydroxylation is 1. The highest BCUT2D eigenvalue weighted by Gasteiger charge is 2.29. The second-order valence-electron chi connectivity index (χ2n) is 6.67. The highest BCUT2D eigenvalue weighted by molar-refractivity contribution is 5.94. The molecule has 1 unspecified atom stereocenters. The Hall–Kier alpha value is -1.59. The SMILES string of the molecule is CCc1ccc(C(=O)N2CCN(C(=O)C3CCCCN3)CC2)cc1.Cl. The van der Waals surface area contributed by atoms with Crippen LogP contribution in [-0.4, -0.2) is 60.4 Å². The van der Waals surface area contributed by atoms with E-state index in [9.17, 15) is 9.59 Å². The van der Waals surface area contributed by atoms with Gasteiger partial charge in [0, 0.05) is 31.7 Å². The maximum atomic E-state index is 12.6. The Labute approximate surface area is 156 Å². The first-order valence-electron chi connectivity index (χ1n) is 9.09. The normalized spacial score (nSPS) is 20.8. The number of piperazine rings is 1. The summed E-state index contributed by atoms with van der Waals surface area (Å²) in [5.74, 6) is 0.273. The van der Waals surface area contributed by atoms with E-state index in [-0.39, 0.29) is 30.3 Å². The van der Waals surface area contributed by atoms with Crippen molar-refractivity contribution in [2.24, 2.45) is 0 Å². The number of amides is 2. The number of hydrogen-bond donors (Lipinski definition) is 1. The van der Waals surface area contributed by atoms with Crippen LogP contribution in [-0.2, 0) is 11.2 Å². The van der Waals surface area contributed by atoms with Crippen LogP contribution in [0.5, 0.6) is 0 Å². The van der Waals surface area contributed by atoms with Crippen molar-refractivity contribution in [3.8, 4) is 0 Å². The lowest BCUT2D eigenvalue weighted by Crippen LogP contribution is -2.55. The van der Waals surface area contributed by atoms with E-state index < -0.39 is 0 Å². The second-order valence-corrected chi connectivity index (χ2v) is 6.67. The smallest absolute Gasteiger partial charge is 0.253 e. The van der Waals surface area contributed by atoms with E-state index in [4.69, 9.17) is 0 Å². The number of halogens is 1. The molecule has 6 heteroatoms. The van der Waals surface area contributed by atoms with Crippen molar-refractivity contribution in [3.63, 3.8) is 0 Å². The molecule has 1 N–H and O–H groups in total. The number of hydrogen-bond acceptors (Lipinski definition) is 3. The van der Waals surface area contributed by atoms with Crippen molar-refractivity contribution >= 4 is 24.2 Å². The van der Waals surface area contributed by atoms with E-state index in [2.05, 4.69) is 12.2 Å². The summed E-state index contributed by atoms with van der Waals surface area (Å²) in [6.45, 7) is 5.54. The predicted molar refractivity (Wildman–Crippen MR) is 101 cm³/mol. The first-order chi connectivity index (χ1) is 11.7. The third-order valence-electron chi connectivity index (χ3n) is 5.10. The van der Waals surface area contributed by atoms with Gasteiger partial charge in [-0.1, -0.05) is 25.5 Å². The maximum Gasteiger partial charge on any atom is 0.253 e. The molecule has 0 bridgehead atoms. The number of rotatable bonds is 3. The van der Waals surface area contributed by atoms with Crippen LogP contribution < -0.4 is 5.32 Å². The minimum atomic E-state index is -0.0254. The van der Waals surface area contributed by atoms with Gasteiger partial charge in [0.2, 0.25) is 5.91 Å². The topological polar surface area (TPSA) is 52.7 Å². The zero-order chi connectivity index (χ0) is 16.9. The third-order valence-corrected chi connectivity index (χ3v) is 5.10. The lowest BCUT2D eigenvalue weighted by atomic mass is 10.0. The lowest BCUT2D eigenvalue weighted by molar-refractivity contribution is -0.135. The molecule has 3 rings (SSSR count). The van der Waals surface area contributed by atoms with Gasteiger partial charge < -0.3 is 15.1 Å². The predicted octanol–water partition coefficient (Wildman–Crippen LogP) is 2.10. The summed E-state index contributed by atoms with van der Waals surface area (Å²) >= 11 is 0. The quantitative estimate of drug-likeness (QED) is 0.892. The molecule has 2 fully saturated rings. The molecule has 0 saturated carbocycles. The average molecular weight is 366 g/mol. The first kappa shape index (κ1) is 19.7. The van der Waals surface area contributed by atoms with Gasteiger partial charge in [-0.2, -0.15) is 0 Å². The maximum absolute atomic E-state index is 12.6. The second kappa shape index (κ2) is 9.20. The Morgan fingerprint density at radius 1 is 1.04 bits per heavy atom. The van der Waals surface area contributed by atoms with Gasteiger partial charge in [-0.05, 0) is 43.5 Å². The molecule has 1 atom stereocenters. The molecule has 0 aliphatic carbocycles. The molecule has 2 amide bonds. The largest absolute Gasteiger partial charge is 0.338 e. The Morgan fingerprint density at radius 2 is 1.68 bits per heavy atom. The van der Waals surface area contributed by atoms with Crippen molar-refractivity contribution < 1.29 is 9.59 Å². The molecule has 2 saturated heterocycles. The van der Waals surface area contributed by atoms with Crippen LogP contribution in [0.1, 0.15) is 42.1 Å². The van der Waals surface area contributed by atoms with Gasteiger partial charge in [-0.15, -0.1) is 12.4 Å². The Balaban J connectivity index is 0.00000225. The first-order valence-corrected chi connectivity index (χ1v) is 9.09. The number of carbonyl (C=O) groups is 2. The van der Waals surface area contributed by atoms with Crippen LogP contribution in [0, 0.1) is 0 Å². The van der Waals surface area contributed by atoms with Crippen molar-refractivity contribution in [1.82, 2.24) is 15.1 Å². The summed E-state index contributed by atoms with van der Waals surface area (Å²) in [4.78, 5) is 28.9. The molecule has 0 spiro atoms. The molecular formula is C19H28ClN3O2. The fraction of sp³-hybridized carbons (Fsp3) is 0.579. The van der Waals surface area contributed by atoms with Crippen molar-refractivity contribution in [2.45, 2.75) is 38.6 Å². The van der Waals surface area contributed by atoms with Crippen molar-refractivity contribution in [3.05, 3.63) is 35.4 Å². The number of nitrogens with zero attached hydrogens (tertiary/aromatic N) is 2. The number of benzene rings is 1. The van der Waals surface area contributed by atoms with E-state index in [1.165, 1.54) is 5.56 Å². The minimum Gasteiger partial charge on any atom is -0.338 e. The van der Waals surface area contributed by atoms with Gasteiger partial charge in [0.25, 0.3) is 5.91 Å². The van der Waals surface area contributed by atoms with E-state index >= 15 is 0 Å². The van der Waals surface area contributed by atoms with Gasteiger partial charge in [0.15, 0.2) is 0 Å². The van der Waals surface area contributed by atoms with Crippen LogP contribution in [0.15, 0.2) is 24.3 Å². The molecule has 2 aliphatic rings. The number of nitrogens with one attached hydrogen (secondary N) is 1. The standard InChI is InChI=1S/C19H27N3O2.ClH/c1-2-15-6-8-16(9-7-15)18(23)21-11-13-22(14-12-21)19(24)17-5-3-4-10-20-17;/h6-9,17,20H,2-5,10-14H2,1H3;1H. The highest BCUT2D eigenvalue weighted by atomic mass is 35.5. The summed E-state index contributed by atoms with van der Waals surface area (Å²) in [6, 6.07) is 7.82. The molecule has 2 heterocycles. The number of piperidine rings is 1. The van der Waals surface area contributed by atoms with E-state index in [1.807, 2.05) is 34.1 Å². The monoisotopic (exact) mass is 365 g/mol.